The van der Waals surface area contributed by atoms with Gasteiger partial charge in [-0.1, -0.05) is 6.07 Å². The molecule has 29 heavy (non-hydrogen) atoms. The lowest BCUT2D eigenvalue weighted by Gasteiger charge is -2.11. The number of halogens is 3. The Morgan fingerprint density at radius 1 is 1.07 bits per heavy atom. The summed E-state index contributed by atoms with van der Waals surface area (Å²) in [5.41, 5.74) is 0.954. The zero-order valence-corrected chi connectivity index (χ0v) is 16.2. The van der Waals surface area contributed by atoms with Gasteiger partial charge in [0.2, 0.25) is 5.91 Å². The fourth-order valence-electron chi connectivity index (χ4n) is 2.46. The molecule has 0 atom stereocenters. The van der Waals surface area contributed by atoms with Crippen LogP contribution in [0.25, 0.3) is 0 Å². The van der Waals surface area contributed by atoms with Crippen LogP contribution in [0.4, 0.5) is 23.9 Å². The van der Waals surface area contributed by atoms with Crippen molar-refractivity contribution in [3.63, 3.8) is 0 Å². The molecule has 0 bridgehead atoms. The lowest BCUT2D eigenvalue weighted by atomic mass is 10.1. The number of rotatable bonds is 6. The summed E-state index contributed by atoms with van der Waals surface area (Å²) in [5.74, 6) is -1.35. The summed E-state index contributed by atoms with van der Waals surface area (Å²) < 4.78 is 36.8. The Morgan fingerprint density at radius 3 is 2.45 bits per heavy atom. The van der Waals surface area contributed by atoms with Gasteiger partial charge in [0.15, 0.2) is 0 Å². The average molecular weight is 425 g/mol. The minimum atomic E-state index is -4.51. The fourth-order valence-corrected chi connectivity index (χ4v) is 3.26. The molecular formula is C19H18F3N3O3S. The molecule has 1 heterocycles. The van der Waals surface area contributed by atoms with Gasteiger partial charge in [0.25, 0.3) is 11.8 Å². The summed E-state index contributed by atoms with van der Waals surface area (Å²) in [6.07, 6.45) is -2.77. The Morgan fingerprint density at radius 2 is 1.79 bits per heavy atom. The minimum absolute atomic E-state index is 0.00119. The summed E-state index contributed by atoms with van der Waals surface area (Å²) in [7, 11) is 0. The zero-order valence-electron chi connectivity index (χ0n) is 15.4. The van der Waals surface area contributed by atoms with Crippen LogP contribution >= 0.6 is 11.3 Å². The molecule has 0 unspecified atom stereocenters. The Balaban J connectivity index is 1.66. The predicted octanol–water partition coefficient (Wildman–Crippen LogP) is 3.95. The van der Waals surface area contributed by atoms with E-state index in [4.69, 9.17) is 0 Å². The number of anilines is 2. The molecular weight excluding hydrogens is 407 g/mol. The molecule has 6 nitrogen and oxygen atoms in total. The number of amides is 3. The van der Waals surface area contributed by atoms with Crippen molar-refractivity contribution in [1.29, 1.82) is 0 Å². The number of thiophene rings is 1. The first-order valence-electron chi connectivity index (χ1n) is 8.80. The summed E-state index contributed by atoms with van der Waals surface area (Å²) in [4.78, 5) is 36.5. The summed E-state index contributed by atoms with van der Waals surface area (Å²) in [5, 5.41) is 7.76. The number of aryl methyl sites for hydroxylation is 1. The van der Waals surface area contributed by atoms with Crippen molar-refractivity contribution in [3.8, 4) is 0 Å². The van der Waals surface area contributed by atoms with E-state index >= 15 is 0 Å². The van der Waals surface area contributed by atoms with Gasteiger partial charge in [0.1, 0.15) is 6.54 Å². The van der Waals surface area contributed by atoms with Gasteiger partial charge in [-0.3, -0.25) is 14.4 Å². The van der Waals surface area contributed by atoms with Crippen LogP contribution in [0, 0.1) is 12.8 Å². The molecule has 0 saturated heterocycles. The first kappa shape index (κ1) is 20.8. The SMILES string of the molecule is Cc1ccc(C(=O)NCC(F)(F)F)cc1NC(=O)c1ccc(NC(=O)C2CC2)s1. The second-order valence-corrected chi connectivity index (χ2v) is 7.79. The highest BCUT2D eigenvalue weighted by molar-refractivity contribution is 7.18. The summed E-state index contributed by atoms with van der Waals surface area (Å²) in [6.45, 7) is 0.259. The van der Waals surface area contributed by atoms with Gasteiger partial charge < -0.3 is 16.0 Å². The maximum atomic E-state index is 12.5. The van der Waals surface area contributed by atoms with E-state index in [2.05, 4.69) is 10.6 Å². The van der Waals surface area contributed by atoms with E-state index in [0.717, 1.165) is 24.2 Å². The van der Waals surface area contributed by atoms with Crippen molar-refractivity contribution in [3.05, 3.63) is 46.3 Å². The molecule has 0 aliphatic heterocycles. The third-order valence-corrected chi connectivity index (χ3v) is 5.22. The van der Waals surface area contributed by atoms with Crippen LogP contribution in [-0.4, -0.2) is 30.4 Å². The molecule has 10 heteroatoms. The van der Waals surface area contributed by atoms with Crippen LogP contribution in [0.5, 0.6) is 0 Å². The molecule has 3 N–H and O–H groups in total. The Hall–Kier alpha value is -2.88. The number of hydrogen-bond donors (Lipinski definition) is 3. The first-order chi connectivity index (χ1) is 13.6. The molecule has 0 radical (unpaired) electrons. The highest BCUT2D eigenvalue weighted by Gasteiger charge is 2.30. The number of carbonyl (C=O) groups excluding carboxylic acids is 3. The van der Waals surface area contributed by atoms with Crippen LogP contribution in [0.3, 0.4) is 0 Å². The fraction of sp³-hybridized carbons (Fsp3) is 0.316. The van der Waals surface area contributed by atoms with Gasteiger partial charge in [-0.25, -0.2) is 0 Å². The van der Waals surface area contributed by atoms with Crippen LogP contribution in [-0.2, 0) is 4.79 Å². The smallest absolute Gasteiger partial charge is 0.343 e. The highest BCUT2D eigenvalue weighted by atomic mass is 32.1. The van der Waals surface area contributed by atoms with E-state index in [1.165, 1.54) is 18.2 Å². The van der Waals surface area contributed by atoms with E-state index < -0.39 is 24.5 Å². The standard InChI is InChI=1S/C19H18F3N3O3S/c1-10-2-3-12(16(26)23-9-19(20,21)22)8-13(10)24-18(28)14-6-7-15(29-14)25-17(27)11-4-5-11/h2-3,6-8,11H,4-5,9H2,1H3,(H,23,26)(H,24,28)(H,25,27). The van der Waals surface area contributed by atoms with Crippen molar-refractivity contribution in [2.75, 3.05) is 17.2 Å². The van der Waals surface area contributed by atoms with Gasteiger partial charge in [0.05, 0.1) is 9.88 Å². The molecule has 1 saturated carbocycles. The summed E-state index contributed by atoms with van der Waals surface area (Å²) >= 11 is 1.11. The van der Waals surface area contributed by atoms with Crippen LogP contribution in [0.1, 0.15) is 38.4 Å². The first-order valence-corrected chi connectivity index (χ1v) is 9.62. The normalized spacial score (nSPS) is 13.7. The van der Waals surface area contributed by atoms with E-state index in [1.807, 2.05) is 0 Å². The molecule has 1 aromatic heterocycles. The molecule has 154 valence electrons. The van der Waals surface area contributed by atoms with Crippen molar-refractivity contribution < 1.29 is 27.6 Å². The minimum Gasteiger partial charge on any atom is -0.343 e. The van der Waals surface area contributed by atoms with Gasteiger partial charge in [-0.15, -0.1) is 11.3 Å². The Kier molecular flexibility index (Phi) is 5.92. The molecule has 1 aliphatic rings. The maximum absolute atomic E-state index is 12.5. The third-order valence-electron chi connectivity index (χ3n) is 4.22. The van der Waals surface area contributed by atoms with Crippen molar-refractivity contribution in [1.82, 2.24) is 5.32 Å². The second-order valence-electron chi connectivity index (χ2n) is 6.71. The molecule has 0 spiro atoms. The third kappa shape index (κ3) is 5.80. The molecule has 3 rings (SSSR count). The van der Waals surface area contributed by atoms with E-state index in [1.54, 1.807) is 24.4 Å². The molecule has 1 aliphatic carbocycles. The van der Waals surface area contributed by atoms with Gasteiger partial charge in [0, 0.05) is 17.2 Å². The number of carbonyl (C=O) groups is 3. The number of benzene rings is 1. The lowest BCUT2D eigenvalue weighted by Crippen LogP contribution is -2.33. The van der Waals surface area contributed by atoms with Gasteiger partial charge in [-0.2, -0.15) is 13.2 Å². The van der Waals surface area contributed by atoms with Crippen molar-refractivity contribution in [2.45, 2.75) is 25.9 Å². The number of alkyl halides is 3. The summed E-state index contributed by atoms with van der Waals surface area (Å²) in [6, 6.07) is 7.44. The van der Waals surface area contributed by atoms with Crippen molar-refractivity contribution >= 4 is 39.7 Å². The largest absolute Gasteiger partial charge is 0.405 e. The van der Waals surface area contributed by atoms with E-state index in [-0.39, 0.29) is 17.4 Å². The molecule has 2 aromatic rings. The maximum Gasteiger partial charge on any atom is 0.405 e. The lowest BCUT2D eigenvalue weighted by molar-refractivity contribution is -0.123. The number of nitrogens with one attached hydrogen (secondary N) is 3. The van der Waals surface area contributed by atoms with E-state index in [9.17, 15) is 27.6 Å². The second kappa shape index (κ2) is 8.24. The molecule has 1 fully saturated rings. The molecule has 3 amide bonds. The zero-order chi connectivity index (χ0) is 21.2. The van der Waals surface area contributed by atoms with Gasteiger partial charge in [-0.05, 0) is 49.6 Å². The monoisotopic (exact) mass is 425 g/mol. The molecule has 1 aromatic carbocycles. The quantitative estimate of drug-likeness (QED) is 0.655. The van der Waals surface area contributed by atoms with Crippen LogP contribution < -0.4 is 16.0 Å². The van der Waals surface area contributed by atoms with Crippen LogP contribution in [0.2, 0.25) is 0 Å². The predicted molar refractivity (Wildman–Crippen MR) is 103 cm³/mol. The topological polar surface area (TPSA) is 87.3 Å². The number of hydrogen-bond acceptors (Lipinski definition) is 4. The average Bonchev–Trinajstić information content (AvgIpc) is 3.40. The van der Waals surface area contributed by atoms with E-state index in [0.29, 0.717) is 21.1 Å². The van der Waals surface area contributed by atoms with Gasteiger partial charge >= 0.3 is 6.18 Å². The Bertz CT molecular complexity index is 952. The Labute approximate surface area is 168 Å². The van der Waals surface area contributed by atoms with Crippen molar-refractivity contribution in [2.24, 2.45) is 5.92 Å². The highest BCUT2D eigenvalue weighted by Crippen LogP contribution is 2.32. The van der Waals surface area contributed by atoms with Crippen LogP contribution in [0.15, 0.2) is 30.3 Å².